The minimum atomic E-state index is 0.274. The van der Waals surface area contributed by atoms with Crippen LogP contribution in [0.15, 0.2) is 18.2 Å². The van der Waals surface area contributed by atoms with Crippen molar-refractivity contribution in [3.63, 3.8) is 0 Å². The molecule has 0 heterocycles. The predicted molar refractivity (Wildman–Crippen MR) is 75.5 cm³/mol. The Morgan fingerprint density at radius 3 is 2.72 bits per heavy atom. The molecule has 0 aromatic heterocycles. The van der Waals surface area contributed by atoms with Gasteiger partial charge in [-0.25, -0.2) is 0 Å². The van der Waals surface area contributed by atoms with Gasteiger partial charge in [-0.05, 0) is 37.1 Å². The van der Waals surface area contributed by atoms with Crippen molar-refractivity contribution in [2.24, 2.45) is 0 Å². The molecule has 0 spiro atoms. The first-order valence-corrected chi connectivity index (χ1v) is 6.66. The Bertz CT molecular complexity index is 350. The van der Waals surface area contributed by atoms with Crippen molar-refractivity contribution < 1.29 is 9.47 Å². The lowest BCUT2D eigenvalue weighted by Crippen LogP contribution is -2.23. The van der Waals surface area contributed by atoms with Gasteiger partial charge in [-0.2, -0.15) is 0 Å². The largest absolute Gasteiger partial charge is 0.495 e. The summed E-state index contributed by atoms with van der Waals surface area (Å²) in [6.07, 6.45) is 2.04. The summed E-state index contributed by atoms with van der Waals surface area (Å²) in [6, 6.07) is 6.18. The third-order valence-corrected chi connectivity index (χ3v) is 3.14. The lowest BCUT2D eigenvalue weighted by atomic mass is 10.0. The number of methoxy groups -OCH3 is 2. The van der Waals surface area contributed by atoms with E-state index in [4.69, 9.17) is 21.1 Å². The van der Waals surface area contributed by atoms with Crippen LogP contribution in [-0.4, -0.2) is 27.4 Å². The first-order chi connectivity index (χ1) is 8.72. The van der Waals surface area contributed by atoms with Crippen molar-refractivity contribution in [1.82, 2.24) is 5.32 Å². The van der Waals surface area contributed by atoms with Crippen LogP contribution in [0.2, 0.25) is 5.02 Å². The maximum Gasteiger partial charge on any atom is 0.137 e. The van der Waals surface area contributed by atoms with E-state index < -0.39 is 0 Å². The molecule has 1 unspecified atom stereocenters. The standard InChI is InChI=1S/C14H22ClNO2/c1-4-8-16-13(7-9-17-2)11-5-6-12(15)14(10-11)18-3/h5-6,10,13,16H,4,7-9H2,1-3H3. The summed E-state index contributed by atoms with van der Waals surface area (Å²) >= 11 is 6.04. The van der Waals surface area contributed by atoms with Gasteiger partial charge in [0.15, 0.2) is 0 Å². The van der Waals surface area contributed by atoms with Crippen molar-refractivity contribution in [3.05, 3.63) is 28.8 Å². The van der Waals surface area contributed by atoms with Crippen molar-refractivity contribution in [1.29, 1.82) is 0 Å². The lowest BCUT2D eigenvalue weighted by molar-refractivity contribution is 0.183. The minimum Gasteiger partial charge on any atom is -0.495 e. The molecule has 3 nitrogen and oxygen atoms in total. The van der Waals surface area contributed by atoms with E-state index in [0.717, 1.165) is 31.7 Å². The molecule has 0 bridgehead atoms. The fourth-order valence-corrected chi connectivity index (χ4v) is 2.03. The highest BCUT2D eigenvalue weighted by Crippen LogP contribution is 2.28. The van der Waals surface area contributed by atoms with E-state index >= 15 is 0 Å². The first-order valence-electron chi connectivity index (χ1n) is 6.28. The third-order valence-electron chi connectivity index (χ3n) is 2.83. The van der Waals surface area contributed by atoms with Crippen molar-refractivity contribution in [2.75, 3.05) is 27.4 Å². The van der Waals surface area contributed by atoms with Crippen LogP contribution in [0, 0.1) is 0 Å². The smallest absolute Gasteiger partial charge is 0.137 e. The Kier molecular flexibility index (Phi) is 7.09. The van der Waals surface area contributed by atoms with Gasteiger partial charge in [0.05, 0.1) is 12.1 Å². The quantitative estimate of drug-likeness (QED) is 0.786. The number of hydrogen-bond acceptors (Lipinski definition) is 3. The Hall–Kier alpha value is -0.770. The first kappa shape index (κ1) is 15.3. The summed E-state index contributed by atoms with van der Waals surface area (Å²) in [5.74, 6) is 0.717. The molecular weight excluding hydrogens is 250 g/mol. The summed E-state index contributed by atoms with van der Waals surface area (Å²) in [5.41, 5.74) is 1.18. The summed E-state index contributed by atoms with van der Waals surface area (Å²) in [5, 5.41) is 4.15. The van der Waals surface area contributed by atoms with E-state index in [1.807, 2.05) is 18.2 Å². The van der Waals surface area contributed by atoms with Crippen molar-refractivity contribution in [3.8, 4) is 5.75 Å². The number of ether oxygens (including phenoxy) is 2. The molecule has 0 amide bonds. The molecule has 0 fully saturated rings. The zero-order valence-electron chi connectivity index (χ0n) is 11.3. The molecule has 102 valence electrons. The highest BCUT2D eigenvalue weighted by atomic mass is 35.5. The predicted octanol–water partition coefficient (Wildman–Crippen LogP) is 3.43. The number of nitrogens with one attached hydrogen (secondary N) is 1. The second-order valence-electron chi connectivity index (χ2n) is 4.18. The molecule has 0 aliphatic heterocycles. The van der Waals surface area contributed by atoms with Gasteiger partial charge in [0.25, 0.3) is 0 Å². The van der Waals surface area contributed by atoms with Crippen LogP contribution in [0.4, 0.5) is 0 Å². The molecule has 1 rings (SSSR count). The van der Waals surface area contributed by atoms with Crippen LogP contribution < -0.4 is 10.1 Å². The Balaban J connectivity index is 2.82. The summed E-state index contributed by atoms with van der Waals surface area (Å²) < 4.78 is 10.4. The number of hydrogen-bond donors (Lipinski definition) is 1. The summed E-state index contributed by atoms with van der Waals surface area (Å²) in [4.78, 5) is 0. The van der Waals surface area contributed by atoms with Gasteiger partial charge in [0.1, 0.15) is 5.75 Å². The molecule has 18 heavy (non-hydrogen) atoms. The molecule has 1 aromatic carbocycles. The molecule has 4 heteroatoms. The van der Waals surface area contributed by atoms with E-state index in [2.05, 4.69) is 12.2 Å². The van der Waals surface area contributed by atoms with Gasteiger partial charge in [-0.1, -0.05) is 24.6 Å². The van der Waals surface area contributed by atoms with Crippen LogP contribution >= 0.6 is 11.6 Å². The fraction of sp³-hybridized carbons (Fsp3) is 0.571. The SMILES string of the molecule is CCCNC(CCOC)c1ccc(Cl)c(OC)c1. The van der Waals surface area contributed by atoms with E-state index in [9.17, 15) is 0 Å². The van der Waals surface area contributed by atoms with Gasteiger partial charge in [0, 0.05) is 19.8 Å². The molecule has 1 atom stereocenters. The van der Waals surface area contributed by atoms with E-state index in [-0.39, 0.29) is 6.04 Å². The molecule has 0 aliphatic rings. The van der Waals surface area contributed by atoms with Crippen LogP contribution in [0.1, 0.15) is 31.4 Å². The summed E-state index contributed by atoms with van der Waals surface area (Å²) in [6.45, 7) is 3.87. The average molecular weight is 272 g/mol. The fourth-order valence-electron chi connectivity index (χ4n) is 1.83. The molecule has 0 saturated carbocycles. The molecule has 0 aliphatic carbocycles. The van der Waals surface area contributed by atoms with Crippen LogP contribution in [0.5, 0.6) is 5.75 Å². The van der Waals surface area contributed by atoms with E-state index in [0.29, 0.717) is 5.02 Å². The second-order valence-corrected chi connectivity index (χ2v) is 4.59. The number of rotatable bonds is 8. The molecule has 1 aromatic rings. The normalized spacial score (nSPS) is 12.4. The highest BCUT2D eigenvalue weighted by molar-refractivity contribution is 6.32. The molecule has 0 saturated heterocycles. The van der Waals surface area contributed by atoms with Gasteiger partial charge < -0.3 is 14.8 Å². The van der Waals surface area contributed by atoms with Crippen LogP contribution in [0.25, 0.3) is 0 Å². The number of halogens is 1. The topological polar surface area (TPSA) is 30.5 Å². The second kappa shape index (κ2) is 8.35. The lowest BCUT2D eigenvalue weighted by Gasteiger charge is -2.19. The van der Waals surface area contributed by atoms with Crippen molar-refractivity contribution >= 4 is 11.6 Å². The van der Waals surface area contributed by atoms with Crippen molar-refractivity contribution in [2.45, 2.75) is 25.8 Å². The zero-order chi connectivity index (χ0) is 13.4. The Morgan fingerprint density at radius 1 is 1.33 bits per heavy atom. The zero-order valence-corrected chi connectivity index (χ0v) is 12.1. The van der Waals surface area contributed by atoms with Crippen LogP contribution in [-0.2, 0) is 4.74 Å². The molecular formula is C14H22ClNO2. The van der Waals surface area contributed by atoms with Gasteiger partial charge in [-0.3, -0.25) is 0 Å². The third kappa shape index (κ3) is 4.48. The van der Waals surface area contributed by atoms with E-state index in [1.165, 1.54) is 5.56 Å². The highest BCUT2D eigenvalue weighted by Gasteiger charge is 2.12. The Morgan fingerprint density at radius 2 is 2.11 bits per heavy atom. The number of benzene rings is 1. The van der Waals surface area contributed by atoms with Gasteiger partial charge in [0.2, 0.25) is 0 Å². The van der Waals surface area contributed by atoms with Gasteiger partial charge in [-0.15, -0.1) is 0 Å². The van der Waals surface area contributed by atoms with Gasteiger partial charge >= 0.3 is 0 Å². The Labute approximate surface area is 114 Å². The minimum absolute atomic E-state index is 0.274. The summed E-state index contributed by atoms with van der Waals surface area (Å²) in [7, 11) is 3.36. The molecule has 1 N–H and O–H groups in total. The maximum absolute atomic E-state index is 6.04. The average Bonchev–Trinajstić information content (AvgIpc) is 2.40. The van der Waals surface area contributed by atoms with Crippen LogP contribution in [0.3, 0.4) is 0 Å². The van der Waals surface area contributed by atoms with E-state index in [1.54, 1.807) is 14.2 Å². The maximum atomic E-state index is 6.04. The monoisotopic (exact) mass is 271 g/mol. The molecule has 0 radical (unpaired) electrons.